The summed E-state index contributed by atoms with van der Waals surface area (Å²) in [7, 11) is 4.16. The second-order valence-electron chi connectivity index (χ2n) is 5.90. The van der Waals surface area contributed by atoms with Crippen molar-refractivity contribution in [2.24, 2.45) is 0 Å². The first-order valence-corrected chi connectivity index (χ1v) is 8.28. The highest BCUT2D eigenvalue weighted by molar-refractivity contribution is 7.19. The van der Waals surface area contributed by atoms with Gasteiger partial charge in [-0.1, -0.05) is 0 Å². The molecule has 0 aliphatic carbocycles. The summed E-state index contributed by atoms with van der Waals surface area (Å²) in [5, 5.41) is 11.6. The zero-order valence-corrected chi connectivity index (χ0v) is 13.7. The standard InChI is InChI=1S/C17H20N2O2S/c1-19(2)8-4-3-5-12-10-14-13-9-11(20)6-7-15(13)18-17(21)16(14)22-12/h6-7,9-10,20H,3-5,8H2,1-2H3,(H,18,21). The molecule has 0 spiro atoms. The summed E-state index contributed by atoms with van der Waals surface area (Å²) in [4.78, 5) is 18.5. The van der Waals surface area contributed by atoms with Gasteiger partial charge in [0.15, 0.2) is 0 Å². The van der Waals surface area contributed by atoms with Gasteiger partial charge in [-0.15, -0.1) is 11.3 Å². The number of nitrogens with zero attached hydrogens (tertiary/aromatic N) is 1. The van der Waals surface area contributed by atoms with Crippen molar-refractivity contribution in [1.82, 2.24) is 9.88 Å². The zero-order valence-electron chi connectivity index (χ0n) is 12.8. The number of benzene rings is 1. The van der Waals surface area contributed by atoms with Gasteiger partial charge >= 0.3 is 0 Å². The van der Waals surface area contributed by atoms with E-state index in [1.807, 2.05) is 0 Å². The lowest BCUT2D eigenvalue weighted by Crippen LogP contribution is -2.12. The fraction of sp³-hybridized carbons (Fsp3) is 0.353. The van der Waals surface area contributed by atoms with E-state index >= 15 is 0 Å². The van der Waals surface area contributed by atoms with Crippen LogP contribution >= 0.6 is 11.3 Å². The van der Waals surface area contributed by atoms with Crippen LogP contribution in [0.5, 0.6) is 5.75 Å². The summed E-state index contributed by atoms with van der Waals surface area (Å²) >= 11 is 1.56. The number of fused-ring (bicyclic) bond motifs is 3. The molecule has 3 rings (SSSR count). The number of aromatic nitrogens is 1. The number of unbranched alkanes of at least 4 members (excludes halogenated alkanes) is 1. The summed E-state index contributed by atoms with van der Waals surface area (Å²) in [6, 6.07) is 7.17. The molecule has 0 radical (unpaired) electrons. The molecule has 0 aliphatic rings. The minimum atomic E-state index is -0.0438. The highest BCUT2D eigenvalue weighted by atomic mass is 32.1. The quantitative estimate of drug-likeness (QED) is 0.710. The predicted molar refractivity (Wildman–Crippen MR) is 93.1 cm³/mol. The second-order valence-corrected chi connectivity index (χ2v) is 7.04. The van der Waals surface area contributed by atoms with Gasteiger partial charge in [0.2, 0.25) is 0 Å². The lowest BCUT2D eigenvalue weighted by molar-refractivity contribution is 0.394. The molecule has 0 bridgehead atoms. The third-order valence-corrected chi connectivity index (χ3v) is 5.00. The van der Waals surface area contributed by atoms with Gasteiger partial charge in [0.1, 0.15) is 10.4 Å². The molecule has 0 amide bonds. The third-order valence-electron chi connectivity index (χ3n) is 3.81. The van der Waals surface area contributed by atoms with Gasteiger partial charge in [-0.2, -0.15) is 0 Å². The molecular weight excluding hydrogens is 296 g/mol. The third kappa shape index (κ3) is 3.00. The van der Waals surface area contributed by atoms with Crippen LogP contribution in [0.4, 0.5) is 0 Å². The normalized spacial score (nSPS) is 11.8. The Hall–Kier alpha value is -1.85. The highest BCUT2D eigenvalue weighted by Crippen LogP contribution is 2.31. The number of thiophene rings is 1. The van der Waals surface area contributed by atoms with Crippen molar-refractivity contribution in [3.63, 3.8) is 0 Å². The minimum absolute atomic E-state index is 0.0438. The van der Waals surface area contributed by atoms with E-state index in [2.05, 4.69) is 30.0 Å². The maximum Gasteiger partial charge on any atom is 0.266 e. The number of phenols is 1. The average molecular weight is 316 g/mol. The van der Waals surface area contributed by atoms with E-state index in [0.717, 1.165) is 46.8 Å². The van der Waals surface area contributed by atoms with Gasteiger partial charge in [0.05, 0.1) is 0 Å². The van der Waals surface area contributed by atoms with Crippen LogP contribution in [0.15, 0.2) is 29.1 Å². The Bertz CT molecular complexity index is 864. The number of pyridine rings is 1. The van der Waals surface area contributed by atoms with E-state index in [0.29, 0.717) is 0 Å². The molecule has 0 saturated carbocycles. The Morgan fingerprint density at radius 3 is 2.77 bits per heavy atom. The molecule has 0 aliphatic heterocycles. The van der Waals surface area contributed by atoms with Crippen LogP contribution in [-0.2, 0) is 6.42 Å². The van der Waals surface area contributed by atoms with Crippen LogP contribution in [0.25, 0.3) is 21.0 Å². The summed E-state index contributed by atoms with van der Waals surface area (Å²) < 4.78 is 0.751. The maximum absolute atomic E-state index is 12.2. The molecular formula is C17H20N2O2S. The van der Waals surface area contributed by atoms with Gasteiger partial charge < -0.3 is 15.0 Å². The predicted octanol–water partition coefficient (Wildman–Crippen LogP) is 3.33. The molecule has 2 aromatic heterocycles. The first-order chi connectivity index (χ1) is 10.5. The first-order valence-electron chi connectivity index (χ1n) is 7.47. The van der Waals surface area contributed by atoms with Crippen LogP contribution in [0, 0.1) is 0 Å². The molecule has 116 valence electrons. The van der Waals surface area contributed by atoms with Crippen LogP contribution in [0.2, 0.25) is 0 Å². The molecule has 0 fully saturated rings. The molecule has 2 heterocycles. The Morgan fingerprint density at radius 1 is 1.18 bits per heavy atom. The van der Waals surface area contributed by atoms with Gasteiger partial charge in [0, 0.05) is 21.2 Å². The Kier molecular flexibility index (Phi) is 4.18. The van der Waals surface area contributed by atoms with Crippen molar-refractivity contribution in [2.75, 3.05) is 20.6 Å². The zero-order chi connectivity index (χ0) is 15.7. The van der Waals surface area contributed by atoms with E-state index in [4.69, 9.17) is 0 Å². The number of hydrogen-bond donors (Lipinski definition) is 2. The number of aromatic amines is 1. The SMILES string of the molecule is CN(C)CCCCc1cc2c(s1)c(=O)[nH]c1ccc(O)cc12. The average Bonchev–Trinajstić information content (AvgIpc) is 2.89. The van der Waals surface area contributed by atoms with Crippen LogP contribution < -0.4 is 5.56 Å². The topological polar surface area (TPSA) is 56.3 Å². The van der Waals surface area contributed by atoms with Gasteiger partial charge in [-0.25, -0.2) is 0 Å². The number of hydrogen-bond acceptors (Lipinski definition) is 4. The highest BCUT2D eigenvalue weighted by Gasteiger charge is 2.10. The van der Waals surface area contributed by atoms with Crippen molar-refractivity contribution < 1.29 is 5.11 Å². The minimum Gasteiger partial charge on any atom is -0.508 e. The monoisotopic (exact) mass is 316 g/mol. The van der Waals surface area contributed by atoms with Crippen LogP contribution in [-0.4, -0.2) is 35.6 Å². The number of rotatable bonds is 5. The Morgan fingerprint density at radius 2 is 2.00 bits per heavy atom. The fourth-order valence-corrected chi connectivity index (χ4v) is 3.81. The first kappa shape index (κ1) is 15.1. The fourth-order valence-electron chi connectivity index (χ4n) is 2.70. The molecule has 0 atom stereocenters. The van der Waals surface area contributed by atoms with E-state index in [1.54, 1.807) is 29.5 Å². The number of nitrogens with one attached hydrogen (secondary N) is 1. The van der Waals surface area contributed by atoms with Crippen LogP contribution in [0.3, 0.4) is 0 Å². The van der Waals surface area contributed by atoms with Crippen molar-refractivity contribution in [2.45, 2.75) is 19.3 Å². The van der Waals surface area contributed by atoms with Gasteiger partial charge in [-0.05, 0) is 64.2 Å². The van der Waals surface area contributed by atoms with Crippen molar-refractivity contribution >= 4 is 32.3 Å². The van der Waals surface area contributed by atoms with Gasteiger partial charge in [0.25, 0.3) is 5.56 Å². The summed E-state index contributed by atoms with van der Waals surface area (Å²) in [6.45, 7) is 1.09. The van der Waals surface area contributed by atoms with Crippen LogP contribution in [0.1, 0.15) is 17.7 Å². The van der Waals surface area contributed by atoms with E-state index in [9.17, 15) is 9.90 Å². The molecule has 1 aromatic carbocycles. The lowest BCUT2D eigenvalue weighted by atomic mass is 10.1. The molecule has 5 heteroatoms. The number of aromatic hydroxyl groups is 1. The molecule has 22 heavy (non-hydrogen) atoms. The van der Waals surface area contributed by atoms with E-state index in [-0.39, 0.29) is 11.3 Å². The Balaban J connectivity index is 1.94. The number of phenolic OH excluding ortho intramolecular Hbond substituents is 1. The van der Waals surface area contributed by atoms with Crippen molar-refractivity contribution in [3.05, 3.63) is 39.5 Å². The van der Waals surface area contributed by atoms with E-state index in [1.165, 1.54) is 4.88 Å². The smallest absolute Gasteiger partial charge is 0.266 e. The molecule has 3 aromatic rings. The molecule has 0 saturated heterocycles. The molecule has 4 nitrogen and oxygen atoms in total. The molecule has 0 unspecified atom stereocenters. The van der Waals surface area contributed by atoms with Crippen molar-refractivity contribution in [3.8, 4) is 5.75 Å². The number of H-pyrrole nitrogens is 1. The lowest BCUT2D eigenvalue weighted by Gasteiger charge is -2.07. The van der Waals surface area contributed by atoms with Gasteiger partial charge in [-0.3, -0.25) is 4.79 Å². The number of aryl methyl sites for hydroxylation is 1. The summed E-state index contributed by atoms with van der Waals surface area (Å²) in [5.41, 5.74) is 0.727. The maximum atomic E-state index is 12.2. The van der Waals surface area contributed by atoms with E-state index < -0.39 is 0 Å². The summed E-state index contributed by atoms with van der Waals surface area (Å²) in [5.74, 6) is 0.222. The largest absolute Gasteiger partial charge is 0.508 e. The summed E-state index contributed by atoms with van der Waals surface area (Å²) in [6.07, 6.45) is 3.26. The van der Waals surface area contributed by atoms with Crippen molar-refractivity contribution in [1.29, 1.82) is 0 Å². The second kappa shape index (κ2) is 6.10. The molecule has 2 N–H and O–H groups in total. The Labute approximate surface area is 133 Å².